The Labute approximate surface area is 124 Å². The maximum absolute atomic E-state index is 11.9. The third-order valence-electron chi connectivity index (χ3n) is 2.98. The molecule has 0 saturated carbocycles. The Morgan fingerprint density at radius 1 is 1.45 bits per heavy atom. The molecule has 1 aromatic rings. The lowest BCUT2D eigenvalue weighted by Gasteiger charge is -2.17. The number of carbonyl (C=O) groups excluding carboxylic acids is 1. The normalized spacial score (nSPS) is 10.2. The zero-order chi connectivity index (χ0) is 14.8. The first-order chi connectivity index (χ1) is 9.71. The van der Waals surface area contributed by atoms with Gasteiger partial charge in [0.2, 0.25) is 0 Å². The van der Waals surface area contributed by atoms with Crippen molar-refractivity contribution in [3.05, 3.63) is 21.9 Å². The molecule has 4 nitrogen and oxygen atoms in total. The minimum atomic E-state index is -0.162. The molecule has 5 heteroatoms. The first-order valence-electron chi connectivity index (χ1n) is 6.90. The molecule has 0 spiro atoms. The Balaban J connectivity index is 2.34. The fourth-order valence-electron chi connectivity index (χ4n) is 1.79. The number of amides is 1. The van der Waals surface area contributed by atoms with Crippen LogP contribution in [0.4, 0.5) is 0 Å². The lowest BCUT2D eigenvalue weighted by molar-refractivity contribution is 0.0952. The van der Waals surface area contributed by atoms with Gasteiger partial charge in [-0.05, 0) is 32.1 Å². The maximum atomic E-state index is 11.9. The van der Waals surface area contributed by atoms with Crippen molar-refractivity contribution in [2.75, 3.05) is 32.8 Å². The van der Waals surface area contributed by atoms with Gasteiger partial charge in [-0.3, -0.25) is 4.79 Å². The van der Waals surface area contributed by atoms with Gasteiger partial charge in [0.25, 0.3) is 5.91 Å². The number of aliphatic hydroxyl groups excluding tert-OH is 1. The number of hydrogen-bond acceptors (Lipinski definition) is 4. The number of carbonyl (C=O) groups is 1. The SMILES string of the molecule is CCN(CC)CCCNC(=O)c1csc(C#CCO)c1. The number of aliphatic hydroxyl groups is 1. The van der Waals surface area contributed by atoms with Crippen LogP contribution in [-0.2, 0) is 0 Å². The summed E-state index contributed by atoms with van der Waals surface area (Å²) in [5.41, 5.74) is 0.639. The third kappa shape index (κ3) is 5.74. The van der Waals surface area contributed by atoms with Gasteiger partial charge in [-0.25, -0.2) is 0 Å². The van der Waals surface area contributed by atoms with Crippen molar-refractivity contribution in [2.45, 2.75) is 20.3 Å². The van der Waals surface area contributed by atoms with Crippen LogP contribution in [0.1, 0.15) is 35.5 Å². The van der Waals surface area contributed by atoms with Gasteiger partial charge in [-0.15, -0.1) is 11.3 Å². The van der Waals surface area contributed by atoms with Crippen molar-refractivity contribution in [3.8, 4) is 11.8 Å². The van der Waals surface area contributed by atoms with E-state index in [0.717, 1.165) is 30.9 Å². The molecule has 0 aromatic carbocycles. The summed E-state index contributed by atoms with van der Waals surface area (Å²) in [4.78, 5) is 15.0. The minimum absolute atomic E-state index is 0.0576. The zero-order valence-electron chi connectivity index (χ0n) is 12.1. The van der Waals surface area contributed by atoms with Crippen molar-refractivity contribution < 1.29 is 9.90 Å². The Morgan fingerprint density at radius 3 is 2.85 bits per heavy atom. The standard InChI is InChI=1S/C15H22N2O2S/c1-3-17(4-2)9-6-8-16-15(19)13-11-14(20-12-13)7-5-10-18/h11-12,18H,3-4,6,8-10H2,1-2H3,(H,16,19). The van der Waals surface area contributed by atoms with Crippen LogP contribution >= 0.6 is 11.3 Å². The monoisotopic (exact) mass is 294 g/mol. The molecule has 1 heterocycles. The molecule has 0 aliphatic rings. The summed E-state index contributed by atoms with van der Waals surface area (Å²) in [6, 6.07) is 1.76. The summed E-state index contributed by atoms with van der Waals surface area (Å²) in [5.74, 6) is 5.31. The molecule has 1 rings (SSSR count). The van der Waals surface area contributed by atoms with Gasteiger partial charge in [0.1, 0.15) is 6.61 Å². The van der Waals surface area contributed by atoms with Gasteiger partial charge >= 0.3 is 0 Å². The van der Waals surface area contributed by atoms with E-state index in [2.05, 4.69) is 35.9 Å². The molecule has 0 aliphatic heterocycles. The van der Waals surface area contributed by atoms with Crippen LogP contribution in [-0.4, -0.2) is 48.7 Å². The fraction of sp³-hybridized carbons (Fsp3) is 0.533. The minimum Gasteiger partial charge on any atom is -0.384 e. The highest BCUT2D eigenvalue weighted by Crippen LogP contribution is 2.13. The average molecular weight is 294 g/mol. The second kappa shape index (κ2) is 9.54. The van der Waals surface area contributed by atoms with Gasteiger partial charge in [-0.1, -0.05) is 25.7 Å². The van der Waals surface area contributed by atoms with Crippen LogP contribution < -0.4 is 5.32 Å². The molecule has 0 fully saturated rings. The van der Waals surface area contributed by atoms with E-state index in [9.17, 15) is 4.79 Å². The van der Waals surface area contributed by atoms with E-state index < -0.39 is 0 Å². The van der Waals surface area contributed by atoms with Crippen molar-refractivity contribution >= 4 is 17.2 Å². The van der Waals surface area contributed by atoms with Crippen LogP contribution in [0.3, 0.4) is 0 Å². The first-order valence-corrected chi connectivity index (χ1v) is 7.78. The number of rotatable bonds is 7. The third-order valence-corrected chi connectivity index (χ3v) is 3.83. The van der Waals surface area contributed by atoms with Crippen LogP contribution in [0.2, 0.25) is 0 Å². The summed E-state index contributed by atoms with van der Waals surface area (Å²) in [7, 11) is 0. The number of nitrogens with one attached hydrogen (secondary N) is 1. The molecule has 2 N–H and O–H groups in total. The smallest absolute Gasteiger partial charge is 0.252 e. The molecule has 20 heavy (non-hydrogen) atoms. The molecule has 0 bridgehead atoms. The molecular formula is C15H22N2O2S. The molecule has 1 aromatic heterocycles. The van der Waals surface area contributed by atoms with E-state index in [1.807, 2.05) is 0 Å². The summed E-state index contributed by atoms with van der Waals surface area (Å²) < 4.78 is 0. The molecule has 0 aliphatic carbocycles. The zero-order valence-corrected chi connectivity index (χ0v) is 12.9. The van der Waals surface area contributed by atoms with E-state index in [0.29, 0.717) is 12.1 Å². The summed E-state index contributed by atoms with van der Waals surface area (Å²) in [6.07, 6.45) is 0.953. The van der Waals surface area contributed by atoms with E-state index in [1.165, 1.54) is 11.3 Å². The van der Waals surface area contributed by atoms with E-state index >= 15 is 0 Å². The molecule has 0 saturated heterocycles. The number of nitrogens with zero attached hydrogens (tertiary/aromatic N) is 1. The number of hydrogen-bond donors (Lipinski definition) is 2. The summed E-state index contributed by atoms with van der Waals surface area (Å²) >= 11 is 1.42. The van der Waals surface area contributed by atoms with Gasteiger partial charge < -0.3 is 15.3 Å². The maximum Gasteiger partial charge on any atom is 0.252 e. The Morgan fingerprint density at radius 2 is 2.20 bits per heavy atom. The van der Waals surface area contributed by atoms with Crippen LogP contribution in [0.5, 0.6) is 0 Å². The topological polar surface area (TPSA) is 52.6 Å². The predicted molar refractivity (Wildman–Crippen MR) is 83.0 cm³/mol. The predicted octanol–water partition coefficient (Wildman–Crippen LogP) is 1.55. The van der Waals surface area contributed by atoms with Crippen molar-refractivity contribution in [3.63, 3.8) is 0 Å². The van der Waals surface area contributed by atoms with Crippen LogP contribution in [0.15, 0.2) is 11.4 Å². The van der Waals surface area contributed by atoms with Crippen molar-refractivity contribution in [1.29, 1.82) is 0 Å². The molecule has 0 unspecified atom stereocenters. The highest BCUT2D eigenvalue weighted by Gasteiger charge is 2.07. The molecule has 0 radical (unpaired) electrons. The number of thiophene rings is 1. The quantitative estimate of drug-likeness (QED) is 0.593. The fourth-order valence-corrected chi connectivity index (χ4v) is 2.55. The van der Waals surface area contributed by atoms with Gasteiger partial charge in [0, 0.05) is 11.9 Å². The largest absolute Gasteiger partial charge is 0.384 e. The molecule has 110 valence electrons. The lowest BCUT2D eigenvalue weighted by Crippen LogP contribution is -2.29. The highest BCUT2D eigenvalue weighted by atomic mass is 32.1. The van der Waals surface area contributed by atoms with E-state index in [-0.39, 0.29) is 12.5 Å². The summed E-state index contributed by atoms with van der Waals surface area (Å²) in [6.45, 7) is 7.90. The molecular weight excluding hydrogens is 272 g/mol. The van der Waals surface area contributed by atoms with Crippen LogP contribution in [0, 0.1) is 11.8 Å². The summed E-state index contributed by atoms with van der Waals surface area (Å²) in [5, 5.41) is 13.3. The van der Waals surface area contributed by atoms with Gasteiger partial charge in [0.15, 0.2) is 0 Å². The lowest BCUT2D eigenvalue weighted by atomic mass is 10.3. The molecule has 1 amide bonds. The Hall–Kier alpha value is -1.35. The van der Waals surface area contributed by atoms with Crippen molar-refractivity contribution in [1.82, 2.24) is 10.2 Å². The van der Waals surface area contributed by atoms with E-state index in [1.54, 1.807) is 11.4 Å². The Bertz CT molecular complexity index is 470. The highest BCUT2D eigenvalue weighted by molar-refractivity contribution is 7.10. The molecule has 0 atom stereocenters. The van der Waals surface area contributed by atoms with E-state index in [4.69, 9.17) is 5.11 Å². The van der Waals surface area contributed by atoms with Gasteiger partial charge in [0.05, 0.1) is 10.4 Å². The second-order valence-corrected chi connectivity index (χ2v) is 5.21. The second-order valence-electron chi connectivity index (χ2n) is 4.30. The average Bonchev–Trinajstić information content (AvgIpc) is 2.94. The first kappa shape index (κ1) is 16.7. The Kier molecular flexibility index (Phi) is 7.97. The van der Waals surface area contributed by atoms with Crippen molar-refractivity contribution in [2.24, 2.45) is 0 Å². The van der Waals surface area contributed by atoms with Gasteiger partial charge in [-0.2, -0.15) is 0 Å². The van der Waals surface area contributed by atoms with Crippen LogP contribution in [0.25, 0.3) is 0 Å².